The molecule has 4 heteroatoms. The molecule has 0 heterocycles. The molecule has 176 valence electrons. The number of hydrogen-bond donors (Lipinski definition) is 2. The first-order valence-electron chi connectivity index (χ1n) is 12.2. The maximum absolute atomic E-state index is 11.3. The van der Waals surface area contributed by atoms with Crippen LogP contribution < -0.4 is 4.74 Å². The highest BCUT2D eigenvalue weighted by Gasteiger charge is 2.53. The van der Waals surface area contributed by atoms with Gasteiger partial charge in [0.25, 0.3) is 0 Å². The fourth-order valence-electron chi connectivity index (χ4n) is 5.55. The second-order valence-electron chi connectivity index (χ2n) is 9.65. The molecule has 1 saturated carbocycles. The van der Waals surface area contributed by atoms with Gasteiger partial charge in [0.05, 0.1) is 19.3 Å². The summed E-state index contributed by atoms with van der Waals surface area (Å²) in [6.45, 7) is 14.4. The van der Waals surface area contributed by atoms with Gasteiger partial charge < -0.3 is 19.8 Å². The number of ether oxygens (including phenoxy) is 1. The Morgan fingerprint density at radius 1 is 1.22 bits per heavy atom. The highest BCUT2D eigenvalue weighted by molar-refractivity contribution is 5.42. The van der Waals surface area contributed by atoms with Crippen LogP contribution in [-0.4, -0.2) is 34.8 Å². The summed E-state index contributed by atoms with van der Waals surface area (Å²) in [5.41, 5.74) is 3.16. The summed E-state index contributed by atoms with van der Waals surface area (Å²) in [5, 5.41) is 21.3. The highest BCUT2D eigenvalue weighted by atomic mass is 16.5. The fourth-order valence-corrected chi connectivity index (χ4v) is 5.55. The minimum absolute atomic E-state index is 0.157. The Hall–Kier alpha value is -2.20. The number of hydrogen-bond acceptors (Lipinski definition) is 4. The number of methoxy groups -OCH3 is 1. The van der Waals surface area contributed by atoms with E-state index in [1.165, 1.54) is 11.3 Å². The third kappa shape index (κ3) is 5.23. The van der Waals surface area contributed by atoms with E-state index in [0.29, 0.717) is 35.1 Å². The molecule has 2 aliphatic carbocycles. The Morgan fingerprint density at radius 2 is 1.97 bits per heavy atom. The van der Waals surface area contributed by atoms with Crippen LogP contribution in [0.3, 0.4) is 0 Å². The number of nitrogens with zero attached hydrogens (tertiary/aromatic N) is 1. The van der Waals surface area contributed by atoms with Gasteiger partial charge in [-0.15, -0.1) is 0 Å². The Balaban J connectivity index is 1.78. The first kappa shape index (κ1) is 24.4. The van der Waals surface area contributed by atoms with Gasteiger partial charge in [-0.3, -0.25) is 0 Å². The molecule has 0 spiro atoms. The zero-order chi connectivity index (χ0) is 23.4. The lowest BCUT2D eigenvalue weighted by molar-refractivity contribution is 0.136. The number of benzene rings is 1. The first-order valence-corrected chi connectivity index (χ1v) is 12.2. The minimum Gasteiger partial charge on any atom is -0.508 e. The second kappa shape index (κ2) is 10.6. The number of allylic oxidation sites excluding steroid dienone is 3. The van der Waals surface area contributed by atoms with Crippen LogP contribution in [-0.2, 0) is 0 Å². The molecular weight excluding hydrogens is 398 g/mol. The quantitative estimate of drug-likeness (QED) is 0.429. The SMILES string of the molecule is C=C(CC1C(CCC)C1C(O)c1cc(O)ccc1OC)N(CCC)C1C=C(C)C=CC1C. The van der Waals surface area contributed by atoms with E-state index in [1.807, 2.05) is 0 Å². The average Bonchev–Trinajstić information content (AvgIpc) is 3.44. The minimum atomic E-state index is -0.648. The molecule has 2 N–H and O–H groups in total. The zero-order valence-corrected chi connectivity index (χ0v) is 20.4. The van der Waals surface area contributed by atoms with E-state index in [0.717, 1.165) is 32.2 Å². The number of aliphatic hydroxyl groups is 1. The second-order valence-corrected chi connectivity index (χ2v) is 9.65. The highest BCUT2D eigenvalue weighted by Crippen LogP contribution is 2.59. The molecule has 0 amide bonds. The van der Waals surface area contributed by atoms with E-state index < -0.39 is 6.10 Å². The van der Waals surface area contributed by atoms with Crippen LogP contribution >= 0.6 is 0 Å². The van der Waals surface area contributed by atoms with Crippen LogP contribution in [0, 0.1) is 23.7 Å². The van der Waals surface area contributed by atoms with Crippen molar-refractivity contribution in [2.24, 2.45) is 23.7 Å². The molecule has 0 saturated heterocycles. The van der Waals surface area contributed by atoms with Crippen LogP contribution in [0.15, 0.2) is 54.3 Å². The van der Waals surface area contributed by atoms with Crippen molar-refractivity contribution in [3.8, 4) is 11.5 Å². The summed E-state index contributed by atoms with van der Waals surface area (Å²) < 4.78 is 5.47. The third-order valence-corrected chi connectivity index (χ3v) is 7.25. The standard InChI is InChI=1S/C28H41NO3/c1-7-9-22-23(27(22)28(31)24-17-21(30)12-13-26(24)32-6)16-20(5)29(14-8-2)25-15-18(3)10-11-19(25)4/h10-13,15,17,19,22-23,25,27-28,30-31H,5,7-9,14,16H2,1-4,6H3. The summed E-state index contributed by atoms with van der Waals surface area (Å²) >= 11 is 0. The van der Waals surface area contributed by atoms with Crippen LogP contribution in [0.5, 0.6) is 11.5 Å². The number of phenols is 1. The van der Waals surface area contributed by atoms with Crippen molar-refractivity contribution < 1.29 is 14.9 Å². The molecule has 6 unspecified atom stereocenters. The molecule has 0 bridgehead atoms. The summed E-state index contributed by atoms with van der Waals surface area (Å²) in [6.07, 6.45) is 10.4. The number of rotatable bonds is 11. The van der Waals surface area contributed by atoms with Crippen LogP contribution in [0.1, 0.15) is 65.0 Å². The molecule has 1 aromatic carbocycles. The summed E-state index contributed by atoms with van der Waals surface area (Å²) in [4.78, 5) is 2.48. The van der Waals surface area contributed by atoms with Crippen molar-refractivity contribution in [3.63, 3.8) is 0 Å². The molecule has 4 nitrogen and oxygen atoms in total. The van der Waals surface area contributed by atoms with Gasteiger partial charge in [-0.1, -0.05) is 64.0 Å². The number of aromatic hydroxyl groups is 1. The molecular formula is C28H41NO3. The van der Waals surface area contributed by atoms with Gasteiger partial charge >= 0.3 is 0 Å². The van der Waals surface area contributed by atoms with Crippen molar-refractivity contribution in [2.75, 3.05) is 13.7 Å². The molecule has 3 rings (SSSR count). The Labute approximate surface area is 194 Å². The maximum Gasteiger partial charge on any atom is 0.124 e. The van der Waals surface area contributed by atoms with Crippen LogP contribution in [0.2, 0.25) is 0 Å². The Kier molecular flexibility index (Phi) is 8.10. The summed E-state index contributed by atoms with van der Waals surface area (Å²) in [5.74, 6) is 2.25. The smallest absolute Gasteiger partial charge is 0.124 e. The van der Waals surface area contributed by atoms with Gasteiger partial charge in [-0.05, 0) is 61.6 Å². The summed E-state index contributed by atoms with van der Waals surface area (Å²) in [6, 6.07) is 5.31. The number of aliphatic hydroxyl groups excluding tert-OH is 1. The number of phenolic OH excluding ortho intramolecular Hbond substituents is 1. The monoisotopic (exact) mass is 439 g/mol. The predicted octanol–water partition coefficient (Wildman–Crippen LogP) is 6.23. The average molecular weight is 440 g/mol. The molecule has 1 aromatic rings. The molecule has 0 aliphatic heterocycles. The van der Waals surface area contributed by atoms with Gasteiger partial charge in [-0.2, -0.15) is 0 Å². The molecule has 32 heavy (non-hydrogen) atoms. The van der Waals surface area contributed by atoms with Gasteiger partial charge in [0.15, 0.2) is 0 Å². The topological polar surface area (TPSA) is 52.9 Å². The predicted molar refractivity (Wildman–Crippen MR) is 132 cm³/mol. The molecule has 6 atom stereocenters. The zero-order valence-electron chi connectivity index (χ0n) is 20.4. The molecule has 0 radical (unpaired) electrons. The largest absolute Gasteiger partial charge is 0.508 e. The van der Waals surface area contributed by atoms with E-state index >= 15 is 0 Å². The maximum atomic E-state index is 11.3. The Morgan fingerprint density at radius 3 is 2.62 bits per heavy atom. The van der Waals surface area contributed by atoms with Crippen molar-refractivity contribution in [1.82, 2.24) is 4.90 Å². The van der Waals surface area contributed by atoms with Crippen molar-refractivity contribution in [1.29, 1.82) is 0 Å². The lowest BCUT2D eigenvalue weighted by atomic mass is 9.91. The lowest BCUT2D eigenvalue weighted by Gasteiger charge is -2.38. The molecule has 1 fully saturated rings. The Bertz CT molecular complexity index is 858. The van der Waals surface area contributed by atoms with E-state index in [1.54, 1.807) is 25.3 Å². The van der Waals surface area contributed by atoms with Crippen molar-refractivity contribution in [2.45, 2.75) is 65.5 Å². The van der Waals surface area contributed by atoms with E-state index in [4.69, 9.17) is 4.74 Å². The lowest BCUT2D eigenvalue weighted by Crippen LogP contribution is -2.39. The van der Waals surface area contributed by atoms with Gasteiger partial charge in [0.2, 0.25) is 0 Å². The van der Waals surface area contributed by atoms with Crippen LogP contribution in [0.4, 0.5) is 0 Å². The summed E-state index contributed by atoms with van der Waals surface area (Å²) in [7, 11) is 1.61. The van der Waals surface area contributed by atoms with E-state index in [-0.39, 0.29) is 11.7 Å². The molecule has 2 aliphatic rings. The van der Waals surface area contributed by atoms with Crippen LogP contribution in [0.25, 0.3) is 0 Å². The first-order chi connectivity index (χ1) is 15.3. The normalized spacial score (nSPS) is 27.6. The van der Waals surface area contributed by atoms with E-state index in [9.17, 15) is 10.2 Å². The van der Waals surface area contributed by atoms with Gasteiger partial charge in [0, 0.05) is 17.8 Å². The third-order valence-electron chi connectivity index (χ3n) is 7.25. The molecule has 0 aromatic heterocycles. The fraction of sp³-hybridized carbons (Fsp3) is 0.571. The van der Waals surface area contributed by atoms with Crippen molar-refractivity contribution in [3.05, 3.63) is 59.8 Å². The van der Waals surface area contributed by atoms with Gasteiger partial charge in [0.1, 0.15) is 11.5 Å². The van der Waals surface area contributed by atoms with Crippen molar-refractivity contribution >= 4 is 0 Å². The van der Waals surface area contributed by atoms with Gasteiger partial charge in [-0.25, -0.2) is 0 Å². The van der Waals surface area contributed by atoms with E-state index in [2.05, 4.69) is 57.4 Å².